The van der Waals surface area contributed by atoms with Gasteiger partial charge in [0.1, 0.15) is 5.75 Å². The lowest BCUT2D eigenvalue weighted by Crippen LogP contribution is -2.34. The molecule has 0 bridgehead atoms. The second kappa shape index (κ2) is 4.94. The molecule has 92 valence electrons. The first kappa shape index (κ1) is 11.5. The van der Waals surface area contributed by atoms with E-state index in [0.717, 1.165) is 41.0 Å². The van der Waals surface area contributed by atoms with Crippen LogP contribution in [0.4, 0.5) is 0 Å². The summed E-state index contributed by atoms with van der Waals surface area (Å²) in [6.45, 7) is 3.40. The van der Waals surface area contributed by atoms with E-state index in [1.165, 1.54) is 0 Å². The third kappa shape index (κ3) is 2.20. The molecule has 2 aliphatic rings. The maximum absolute atomic E-state index is 5.81. The van der Waals surface area contributed by atoms with Crippen LogP contribution < -0.4 is 10.1 Å². The van der Waals surface area contributed by atoms with Gasteiger partial charge in [0.2, 0.25) is 0 Å². The Bertz CT molecular complexity index is 418. The summed E-state index contributed by atoms with van der Waals surface area (Å²) < 4.78 is 17.7. The summed E-state index contributed by atoms with van der Waals surface area (Å²) in [6, 6.07) is 3.99. The summed E-state index contributed by atoms with van der Waals surface area (Å²) in [4.78, 5) is 0. The first-order valence-electron chi connectivity index (χ1n) is 5.70. The fourth-order valence-corrected chi connectivity index (χ4v) is 2.87. The molecule has 3 rings (SSSR count). The fraction of sp³-hybridized carbons (Fsp3) is 0.500. The smallest absolute Gasteiger partial charge is 0.189 e. The largest absolute Gasteiger partial charge is 0.467 e. The van der Waals surface area contributed by atoms with Crippen molar-refractivity contribution in [1.82, 2.24) is 5.32 Å². The molecule has 2 aliphatic heterocycles. The van der Waals surface area contributed by atoms with Gasteiger partial charge in [-0.25, -0.2) is 0 Å². The van der Waals surface area contributed by atoms with Crippen LogP contribution in [0.15, 0.2) is 16.6 Å². The molecule has 5 heteroatoms. The van der Waals surface area contributed by atoms with E-state index in [1.54, 1.807) is 0 Å². The molecule has 0 radical (unpaired) electrons. The van der Waals surface area contributed by atoms with Crippen molar-refractivity contribution in [2.75, 3.05) is 26.5 Å². The number of rotatable bonds is 1. The number of nitrogens with one attached hydrogen (secondary N) is 1. The Labute approximate surface area is 108 Å². The summed E-state index contributed by atoms with van der Waals surface area (Å²) >= 11 is 3.59. The topological polar surface area (TPSA) is 39.7 Å². The van der Waals surface area contributed by atoms with Crippen molar-refractivity contribution < 1.29 is 14.2 Å². The predicted molar refractivity (Wildman–Crippen MR) is 66.0 cm³/mol. The quantitative estimate of drug-likeness (QED) is 0.861. The van der Waals surface area contributed by atoms with E-state index in [-0.39, 0.29) is 6.10 Å². The third-order valence-electron chi connectivity index (χ3n) is 3.05. The Balaban J connectivity index is 2.01. The van der Waals surface area contributed by atoms with Gasteiger partial charge in [-0.3, -0.25) is 0 Å². The van der Waals surface area contributed by atoms with Gasteiger partial charge in [-0.15, -0.1) is 0 Å². The first-order chi connectivity index (χ1) is 8.36. The molecule has 1 aromatic carbocycles. The van der Waals surface area contributed by atoms with Gasteiger partial charge in [0.15, 0.2) is 6.79 Å². The number of benzene rings is 1. The van der Waals surface area contributed by atoms with Crippen molar-refractivity contribution >= 4 is 15.9 Å². The van der Waals surface area contributed by atoms with Crippen LogP contribution in [0, 0.1) is 0 Å². The molecule has 1 N–H and O–H groups in total. The average molecular weight is 300 g/mol. The molecule has 0 spiro atoms. The summed E-state index contributed by atoms with van der Waals surface area (Å²) in [5, 5.41) is 3.34. The lowest BCUT2D eigenvalue weighted by molar-refractivity contribution is -0.0212. The Morgan fingerprint density at radius 2 is 2.29 bits per heavy atom. The van der Waals surface area contributed by atoms with Crippen LogP contribution >= 0.6 is 15.9 Å². The van der Waals surface area contributed by atoms with Gasteiger partial charge in [-0.05, 0) is 12.1 Å². The molecule has 17 heavy (non-hydrogen) atoms. The van der Waals surface area contributed by atoms with Gasteiger partial charge < -0.3 is 19.5 Å². The van der Waals surface area contributed by atoms with E-state index in [2.05, 4.69) is 21.2 Å². The average Bonchev–Trinajstić information content (AvgIpc) is 2.39. The van der Waals surface area contributed by atoms with Crippen LogP contribution in [-0.4, -0.2) is 26.5 Å². The number of hydrogen-bond donors (Lipinski definition) is 1. The highest BCUT2D eigenvalue weighted by atomic mass is 79.9. The number of halogens is 1. The zero-order valence-corrected chi connectivity index (χ0v) is 11.0. The molecule has 1 aromatic rings. The van der Waals surface area contributed by atoms with E-state index < -0.39 is 0 Å². The van der Waals surface area contributed by atoms with Gasteiger partial charge in [0.05, 0.1) is 19.3 Å². The van der Waals surface area contributed by atoms with Crippen molar-refractivity contribution in [3.63, 3.8) is 0 Å². The monoisotopic (exact) mass is 299 g/mol. The normalized spacial score (nSPS) is 23.9. The Hall–Kier alpha value is -0.620. The Kier molecular flexibility index (Phi) is 3.33. The molecule has 1 atom stereocenters. The highest BCUT2D eigenvalue weighted by Gasteiger charge is 2.25. The number of ether oxygens (including phenoxy) is 3. The minimum atomic E-state index is 0.0679. The zero-order chi connectivity index (χ0) is 11.7. The number of fused-ring (bicyclic) bond motifs is 1. The van der Waals surface area contributed by atoms with Crippen LogP contribution in [0.25, 0.3) is 0 Å². The van der Waals surface area contributed by atoms with Gasteiger partial charge in [0.25, 0.3) is 0 Å². The summed E-state index contributed by atoms with van der Waals surface area (Å²) in [6.07, 6.45) is 0.0679. The summed E-state index contributed by atoms with van der Waals surface area (Å²) in [7, 11) is 0. The van der Waals surface area contributed by atoms with Crippen LogP contribution in [0.5, 0.6) is 5.75 Å². The van der Waals surface area contributed by atoms with Gasteiger partial charge >= 0.3 is 0 Å². The molecule has 0 aromatic heterocycles. The second-order valence-electron chi connectivity index (χ2n) is 4.11. The minimum Gasteiger partial charge on any atom is -0.467 e. The highest BCUT2D eigenvalue weighted by Crippen LogP contribution is 2.37. The molecule has 0 aliphatic carbocycles. The van der Waals surface area contributed by atoms with E-state index in [0.29, 0.717) is 13.4 Å². The summed E-state index contributed by atoms with van der Waals surface area (Å²) in [5.41, 5.74) is 2.24. The van der Waals surface area contributed by atoms with Crippen LogP contribution in [0.3, 0.4) is 0 Å². The molecule has 1 unspecified atom stereocenters. The fourth-order valence-electron chi connectivity index (χ4n) is 2.25. The van der Waals surface area contributed by atoms with Crippen molar-refractivity contribution in [2.24, 2.45) is 0 Å². The van der Waals surface area contributed by atoms with Crippen molar-refractivity contribution in [1.29, 1.82) is 0 Å². The van der Waals surface area contributed by atoms with Gasteiger partial charge in [-0.1, -0.05) is 15.9 Å². The Morgan fingerprint density at radius 3 is 3.12 bits per heavy atom. The van der Waals surface area contributed by atoms with Crippen molar-refractivity contribution in [2.45, 2.75) is 12.7 Å². The third-order valence-corrected chi connectivity index (χ3v) is 3.75. The van der Waals surface area contributed by atoms with Crippen LogP contribution in [-0.2, 0) is 16.1 Å². The minimum absolute atomic E-state index is 0.0679. The van der Waals surface area contributed by atoms with E-state index in [1.807, 2.05) is 12.1 Å². The zero-order valence-electron chi connectivity index (χ0n) is 9.37. The Morgan fingerprint density at radius 1 is 1.35 bits per heavy atom. The van der Waals surface area contributed by atoms with Crippen LogP contribution in [0.1, 0.15) is 17.2 Å². The molecule has 2 heterocycles. The first-order valence-corrected chi connectivity index (χ1v) is 6.49. The molecule has 1 saturated heterocycles. The number of morpholine rings is 1. The SMILES string of the molecule is Brc1ccc2c(c1C1CNCCO1)COCO2. The molecular formula is C12H14BrNO3. The maximum atomic E-state index is 5.81. The molecule has 0 saturated carbocycles. The highest BCUT2D eigenvalue weighted by molar-refractivity contribution is 9.10. The lowest BCUT2D eigenvalue weighted by Gasteiger charge is -2.29. The molecule has 4 nitrogen and oxygen atoms in total. The lowest BCUT2D eigenvalue weighted by atomic mass is 10.0. The van der Waals surface area contributed by atoms with Gasteiger partial charge in [-0.2, -0.15) is 0 Å². The standard InChI is InChI=1S/C12H14BrNO3/c13-9-1-2-10-8(6-15-7-17-10)12(9)11-5-14-3-4-16-11/h1-2,11,14H,3-7H2. The summed E-state index contributed by atoms with van der Waals surface area (Å²) in [5.74, 6) is 0.906. The van der Waals surface area contributed by atoms with Crippen molar-refractivity contribution in [3.05, 3.63) is 27.7 Å². The van der Waals surface area contributed by atoms with E-state index in [4.69, 9.17) is 14.2 Å². The van der Waals surface area contributed by atoms with E-state index >= 15 is 0 Å². The number of hydrogen-bond acceptors (Lipinski definition) is 4. The van der Waals surface area contributed by atoms with Gasteiger partial charge in [0, 0.05) is 28.7 Å². The molecule has 1 fully saturated rings. The molecular weight excluding hydrogens is 286 g/mol. The van der Waals surface area contributed by atoms with Crippen LogP contribution in [0.2, 0.25) is 0 Å². The maximum Gasteiger partial charge on any atom is 0.189 e. The second-order valence-corrected chi connectivity index (χ2v) is 4.97. The van der Waals surface area contributed by atoms with Crippen molar-refractivity contribution in [3.8, 4) is 5.75 Å². The van der Waals surface area contributed by atoms with E-state index in [9.17, 15) is 0 Å². The molecule has 0 amide bonds. The predicted octanol–water partition coefficient (Wildman–Crippen LogP) is 1.98.